The summed E-state index contributed by atoms with van der Waals surface area (Å²) in [4.78, 5) is 2.49. The second kappa shape index (κ2) is 32.3. The van der Waals surface area contributed by atoms with Gasteiger partial charge in [-0.15, -0.1) is 0 Å². The lowest BCUT2D eigenvalue weighted by Gasteiger charge is -2.31. The maximum atomic E-state index is 6.55. The monoisotopic (exact) mass is 1760 g/mol. The number of hydrogen-bond donors (Lipinski definition) is 0. The molecule has 0 atom stereocenters. The Morgan fingerprint density at radius 2 is 0.522 bits per heavy atom. The summed E-state index contributed by atoms with van der Waals surface area (Å²) >= 11 is 0. The van der Waals surface area contributed by atoms with Crippen molar-refractivity contribution in [3.05, 3.63) is 469 Å². The van der Waals surface area contributed by atoms with Crippen LogP contribution in [0.15, 0.2) is 433 Å². The Labute approximate surface area is 800 Å². The van der Waals surface area contributed by atoms with Crippen molar-refractivity contribution in [1.29, 1.82) is 0 Å². The summed E-state index contributed by atoms with van der Waals surface area (Å²) in [6.45, 7) is 17.8. The van der Waals surface area contributed by atoms with Crippen LogP contribution in [-0.4, -0.2) is 4.57 Å². The van der Waals surface area contributed by atoms with E-state index < -0.39 is 0 Å². The van der Waals surface area contributed by atoms with Gasteiger partial charge in [-0.25, -0.2) is 0 Å². The zero-order valence-corrected chi connectivity index (χ0v) is 78.1. The molecule has 652 valence electrons. The van der Waals surface area contributed by atoms with Gasteiger partial charge in [-0.3, -0.25) is 0 Å². The Morgan fingerprint density at radius 1 is 0.196 bits per heavy atom. The van der Waals surface area contributed by atoms with Gasteiger partial charge in [0.2, 0.25) is 0 Å². The number of nitrogens with zero attached hydrogens (tertiary/aromatic N) is 2. The third kappa shape index (κ3) is 13.0. The standard InChI is InChI=1S/C48H34N2.C46H28O.C40H32O/c1-31-15-9-12-22-42(31)50(43-23-13-10-16-32(43)2)45-30-40(33-17-5-3-6-18-33)37-27-28-39-46-34(25-26-38(45)47(37)46)29-41-36-21-11-14-24-44(36)49(48(39)41)35-19-7-4-8-20-35;1-3-9-29(10-4-1)31-15-19-33(20-16-31)40-28-41(34-21-17-32(18-22-34)30-11-5-2-6-12-30)38-25-26-39-44-35(23-24-37(40)45(38)44)27-42-36-13-7-8-14-43(36)47-46(39)42;1-21-15-23(3)36(24(4)16-21)32-20-33(37-25(5)17-22(2)18-26(37)6)30-13-14-31-38-27(11-12-29(32)39(30)38)19-34-28-9-7-8-10-35(28)41-40(31)34/h3-30H,1-2H3;1-28H;7-20H,1-6H3. The summed E-state index contributed by atoms with van der Waals surface area (Å²) in [6, 6.07) is 156. The van der Waals surface area contributed by atoms with Crippen LogP contribution in [0.1, 0.15) is 44.5 Å². The fourth-order valence-electron chi connectivity index (χ4n) is 23.6. The summed E-state index contributed by atoms with van der Waals surface area (Å²) in [5.41, 5.74) is 38.9. The molecule has 25 aromatic carbocycles. The molecule has 0 bridgehead atoms. The van der Waals surface area contributed by atoms with Gasteiger partial charge in [0.1, 0.15) is 22.3 Å². The average molecular weight is 1760 g/mol. The molecule has 0 unspecified atom stereocenters. The first-order valence-corrected chi connectivity index (χ1v) is 48.1. The number of fused-ring (bicyclic) bond motifs is 12. The number of furan rings is 2. The Kier molecular flexibility index (Phi) is 19.1. The van der Waals surface area contributed by atoms with E-state index in [1.165, 1.54) is 275 Å². The summed E-state index contributed by atoms with van der Waals surface area (Å²) in [7, 11) is 0. The van der Waals surface area contributed by atoms with E-state index in [-0.39, 0.29) is 0 Å². The maximum Gasteiger partial charge on any atom is 0.143 e. The van der Waals surface area contributed by atoms with Crippen LogP contribution in [0.3, 0.4) is 0 Å². The summed E-state index contributed by atoms with van der Waals surface area (Å²) in [5.74, 6) is 0. The molecule has 28 rings (SSSR count). The Morgan fingerprint density at radius 3 is 0.993 bits per heavy atom. The highest BCUT2D eigenvalue weighted by molar-refractivity contribution is 6.38. The number of hydrogen-bond acceptors (Lipinski definition) is 3. The van der Waals surface area contributed by atoms with Crippen LogP contribution in [0.2, 0.25) is 0 Å². The first-order valence-electron chi connectivity index (χ1n) is 48.1. The number of benzene rings is 25. The van der Waals surface area contributed by atoms with Crippen molar-refractivity contribution in [3.63, 3.8) is 0 Å². The van der Waals surface area contributed by atoms with Crippen LogP contribution in [0.25, 0.3) is 246 Å². The van der Waals surface area contributed by atoms with Crippen molar-refractivity contribution in [2.75, 3.05) is 4.90 Å². The van der Waals surface area contributed by atoms with Crippen molar-refractivity contribution in [2.45, 2.75) is 55.4 Å². The van der Waals surface area contributed by atoms with E-state index in [1.807, 2.05) is 6.07 Å². The highest BCUT2D eigenvalue weighted by atomic mass is 16.3. The summed E-state index contributed by atoms with van der Waals surface area (Å²) in [6.07, 6.45) is 0. The lowest BCUT2D eigenvalue weighted by atomic mass is 9.81. The lowest BCUT2D eigenvalue weighted by Crippen LogP contribution is -2.13. The third-order valence-electron chi connectivity index (χ3n) is 29.5. The predicted molar refractivity (Wildman–Crippen MR) is 590 cm³/mol. The van der Waals surface area contributed by atoms with E-state index in [4.69, 9.17) is 8.83 Å². The topological polar surface area (TPSA) is 34.5 Å². The van der Waals surface area contributed by atoms with Gasteiger partial charge in [0.15, 0.2) is 0 Å². The molecule has 0 amide bonds. The van der Waals surface area contributed by atoms with E-state index >= 15 is 0 Å². The van der Waals surface area contributed by atoms with Gasteiger partial charge in [0.05, 0.1) is 16.7 Å². The molecule has 0 saturated heterocycles. The quantitative estimate of drug-likeness (QED) is 0.121. The Bertz CT molecular complexity index is 9490. The molecule has 0 radical (unpaired) electrons. The minimum Gasteiger partial charge on any atom is -0.455 e. The normalized spacial score (nSPS) is 11.9. The van der Waals surface area contributed by atoms with Crippen molar-refractivity contribution in [3.8, 4) is 83.6 Å². The molecule has 4 nitrogen and oxygen atoms in total. The first-order chi connectivity index (χ1) is 67.8. The fraction of sp³-hybridized carbons (Fsp3) is 0.0597. The van der Waals surface area contributed by atoms with E-state index in [1.54, 1.807) is 0 Å². The molecule has 3 heterocycles. The summed E-state index contributed by atoms with van der Waals surface area (Å²) in [5, 5.41) is 30.0. The molecule has 0 aliphatic carbocycles. The highest BCUT2D eigenvalue weighted by Gasteiger charge is 2.29. The largest absolute Gasteiger partial charge is 0.455 e. The van der Waals surface area contributed by atoms with Gasteiger partial charge in [-0.1, -0.05) is 345 Å². The van der Waals surface area contributed by atoms with Gasteiger partial charge < -0.3 is 18.3 Å². The second-order valence-electron chi connectivity index (χ2n) is 38.0. The second-order valence-corrected chi connectivity index (χ2v) is 38.0. The average Bonchev–Trinajstić information content (AvgIpc) is 1.42. The van der Waals surface area contributed by atoms with E-state index in [2.05, 4.69) is 483 Å². The van der Waals surface area contributed by atoms with Crippen molar-refractivity contribution >= 4 is 180 Å². The van der Waals surface area contributed by atoms with Gasteiger partial charge in [-0.05, 0) is 317 Å². The van der Waals surface area contributed by atoms with Gasteiger partial charge in [0, 0.05) is 87.1 Å². The third-order valence-corrected chi connectivity index (χ3v) is 29.5. The van der Waals surface area contributed by atoms with Crippen molar-refractivity contribution in [1.82, 2.24) is 4.57 Å². The van der Waals surface area contributed by atoms with E-state index in [9.17, 15) is 0 Å². The SMILES string of the molecule is Cc1cc(C)c(-c2cc(-c3c(C)cc(C)cc3C)c3ccc4c5oc6ccccc6c5cc5ccc2c3c54)c(C)c1.Cc1ccccc1N(c1ccccc1C)c1cc(-c2ccccc2)c2ccc3c4c(ccc1c24)cc1c2ccccc2n(-c2ccccc2)c13.c1ccc(-c2ccc(-c3cc(-c4ccc(-c5ccccc5)cc4)c4ccc5c6oc7ccccc7c6cc6ccc3c4c65)cc2)cc1. The molecule has 0 aliphatic heterocycles. The Hall–Kier alpha value is -17.2. The molecule has 0 aliphatic rings. The molecular weight excluding hydrogens is 1670 g/mol. The van der Waals surface area contributed by atoms with Crippen LogP contribution in [-0.2, 0) is 0 Å². The number of para-hydroxylation sites is 6. The number of aromatic nitrogens is 1. The fourth-order valence-corrected chi connectivity index (χ4v) is 23.6. The van der Waals surface area contributed by atoms with Crippen LogP contribution in [0, 0.1) is 55.4 Å². The van der Waals surface area contributed by atoms with Crippen LogP contribution < -0.4 is 4.90 Å². The van der Waals surface area contributed by atoms with Crippen molar-refractivity contribution in [2.24, 2.45) is 0 Å². The zero-order valence-electron chi connectivity index (χ0n) is 78.1. The molecule has 3 aromatic heterocycles. The van der Waals surface area contributed by atoms with E-state index in [0.29, 0.717) is 0 Å². The molecule has 0 fully saturated rings. The molecule has 0 saturated carbocycles. The highest BCUT2D eigenvalue weighted by Crippen LogP contribution is 2.55. The Balaban J connectivity index is 0.000000108. The summed E-state index contributed by atoms with van der Waals surface area (Å²) < 4.78 is 15.6. The van der Waals surface area contributed by atoms with E-state index in [0.717, 1.165) is 33.1 Å². The minimum atomic E-state index is 0.927. The van der Waals surface area contributed by atoms with Crippen LogP contribution in [0.4, 0.5) is 17.1 Å². The maximum absolute atomic E-state index is 6.55. The van der Waals surface area contributed by atoms with Crippen LogP contribution in [0.5, 0.6) is 0 Å². The molecule has 138 heavy (non-hydrogen) atoms. The van der Waals surface area contributed by atoms with Gasteiger partial charge in [-0.2, -0.15) is 0 Å². The number of rotatable bonds is 11. The molecule has 0 spiro atoms. The molecule has 4 heteroatoms. The molecular formula is C134H94N2O2. The molecule has 28 aromatic rings. The smallest absolute Gasteiger partial charge is 0.143 e. The number of anilines is 3. The van der Waals surface area contributed by atoms with Gasteiger partial charge in [0.25, 0.3) is 0 Å². The van der Waals surface area contributed by atoms with Gasteiger partial charge >= 0.3 is 0 Å². The minimum absolute atomic E-state index is 0.927. The zero-order chi connectivity index (χ0) is 92.4. The number of aryl methyl sites for hydroxylation is 8. The van der Waals surface area contributed by atoms with Crippen LogP contribution >= 0.6 is 0 Å². The molecule has 0 N–H and O–H groups in total. The van der Waals surface area contributed by atoms with Crippen molar-refractivity contribution < 1.29 is 8.83 Å². The first kappa shape index (κ1) is 81.6. The predicted octanol–water partition coefficient (Wildman–Crippen LogP) is 38.3. The lowest BCUT2D eigenvalue weighted by molar-refractivity contribution is 0.672.